The van der Waals surface area contributed by atoms with Crippen molar-refractivity contribution in [3.05, 3.63) is 35.9 Å². The molecule has 0 aliphatic rings. The highest BCUT2D eigenvalue weighted by Gasteiger charge is 2.18. The van der Waals surface area contributed by atoms with Crippen LogP contribution in [0.5, 0.6) is 0 Å². The standard InChI is InChI=1S/C22H35N3O3/c1-3-4-5-6-7-11-14-19(22(23)28)25-21(27)16-15-20(26)24-17(2)18-12-9-8-10-13-18/h8-10,12-13,17,19H,3-7,11,14-16H2,1-2H3,(H2,23,28)(H,24,26)(H,25,27)/t17-,19+/m1/s1. The van der Waals surface area contributed by atoms with Crippen LogP contribution in [-0.4, -0.2) is 23.8 Å². The molecule has 0 bridgehead atoms. The molecule has 28 heavy (non-hydrogen) atoms. The number of hydrogen-bond acceptors (Lipinski definition) is 3. The van der Waals surface area contributed by atoms with Crippen molar-refractivity contribution in [1.82, 2.24) is 10.6 Å². The second kappa shape index (κ2) is 13.7. The van der Waals surface area contributed by atoms with Crippen LogP contribution in [0, 0.1) is 0 Å². The van der Waals surface area contributed by atoms with Crippen molar-refractivity contribution in [2.45, 2.75) is 83.7 Å². The van der Waals surface area contributed by atoms with Gasteiger partial charge in [0, 0.05) is 12.8 Å². The molecule has 6 heteroatoms. The van der Waals surface area contributed by atoms with Gasteiger partial charge in [-0.1, -0.05) is 75.8 Å². The van der Waals surface area contributed by atoms with Crippen molar-refractivity contribution in [3.8, 4) is 0 Å². The van der Waals surface area contributed by atoms with Gasteiger partial charge in [-0.05, 0) is 18.9 Å². The highest BCUT2D eigenvalue weighted by atomic mass is 16.2. The molecule has 0 aliphatic heterocycles. The first-order valence-corrected chi connectivity index (χ1v) is 10.4. The van der Waals surface area contributed by atoms with Crippen molar-refractivity contribution in [3.63, 3.8) is 0 Å². The van der Waals surface area contributed by atoms with Gasteiger partial charge in [-0.2, -0.15) is 0 Å². The van der Waals surface area contributed by atoms with Crippen molar-refractivity contribution in [2.75, 3.05) is 0 Å². The molecule has 0 aliphatic carbocycles. The predicted molar refractivity (Wildman–Crippen MR) is 111 cm³/mol. The molecule has 1 rings (SSSR count). The average molecular weight is 390 g/mol. The SMILES string of the molecule is CCCCCCCC[C@H](NC(=O)CCC(=O)N[C@H](C)c1ccccc1)C(N)=O. The third-order valence-electron chi connectivity index (χ3n) is 4.78. The molecule has 1 aromatic carbocycles. The van der Waals surface area contributed by atoms with Gasteiger partial charge in [0.15, 0.2) is 0 Å². The minimum absolute atomic E-state index is 0.0353. The lowest BCUT2D eigenvalue weighted by atomic mass is 10.0. The van der Waals surface area contributed by atoms with Crippen LogP contribution >= 0.6 is 0 Å². The number of carbonyl (C=O) groups is 3. The number of benzene rings is 1. The van der Waals surface area contributed by atoms with Gasteiger partial charge < -0.3 is 16.4 Å². The van der Waals surface area contributed by atoms with Crippen LogP contribution in [-0.2, 0) is 14.4 Å². The van der Waals surface area contributed by atoms with Crippen molar-refractivity contribution < 1.29 is 14.4 Å². The third-order valence-corrected chi connectivity index (χ3v) is 4.78. The minimum atomic E-state index is -0.662. The van der Waals surface area contributed by atoms with Crippen molar-refractivity contribution in [1.29, 1.82) is 0 Å². The Morgan fingerprint density at radius 1 is 0.893 bits per heavy atom. The summed E-state index contributed by atoms with van der Waals surface area (Å²) >= 11 is 0. The number of carbonyl (C=O) groups excluding carboxylic acids is 3. The molecule has 0 fully saturated rings. The quantitative estimate of drug-likeness (QED) is 0.425. The molecule has 0 saturated carbocycles. The molecule has 0 saturated heterocycles. The molecular weight excluding hydrogens is 354 g/mol. The molecular formula is C22H35N3O3. The van der Waals surface area contributed by atoms with Gasteiger partial charge in [0.05, 0.1) is 6.04 Å². The first kappa shape index (κ1) is 23.7. The van der Waals surface area contributed by atoms with E-state index in [1.807, 2.05) is 37.3 Å². The maximum absolute atomic E-state index is 12.1. The third kappa shape index (κ3) is 10.1. The fraction of sp³-hybridized carbons (Fsp3) is 0.591. The zero-order chi connectivity index (χ0) is 20.8. The summed E-state index contributed by atoms with van der Waals surface area (Å²) in [5.41, 5.74) is 6.41. The highest BCUT2D eigenvalue weighted by Crippen LogP contribution is 2.12. The molecule has 0 radical (unpaired) electrons. The summed E-state index contributed by atoms with van der Waals surface area (Å²) in [5, 5.41) is 5.54. The lowest BCUT2D eigenvalue weighted by Crippen LogP contribution is -2.44. The summed E-state index contributed by atoms with van der Waals surface area (Å²) < 4.78 is 0. The van der Waals surface area contributed by atoms with Crippen LogP contribution in [0.4, 0.5) is 0 Å². The highest BCUT2D eigenvalue weighted by molar-refractivity contribution is 5.88. The van der Waals surface area contributed by atoms with E-state index in [1.165, 1.54) is 19.3 Å². The van der Waals surface area contributed by atoms with Crippen LogP contribution in [0.2, 0.25) is 0 Å². The molecule has 1 aromatic rings. The molecule has 6 nitrogen and oxygen atoms in total. The van der Waals surface area contributed by atoms with E-state index in [4.69, 9.17) is 5.73 Å². The topological polar surface area (TPSA) is 101 Å². The van der Waals surface area contributed by atoms with E-state index in [9.17, 15) is 14.4 Å². The maximum atomic E-state index is 12.1. The molecule has 3 amide bonds. The number of rotatable bonds is 14. The zero-order valence-corrected chi connectivity index (χ0v) is 17.2. The molecule has 4 N–H and O–H groups in total. The van der Waals surface area contributed by atoms with Gasteiger partial charge in [-0.15, -0.1) is 0 Å². The van der Waals surface area contributed by atoms with Crippen LogP contribution in [0.15, 0.2) is 30.3 Å². The minimum Gasteiger partial charge on any atom is -0.368 e. The summed E-state index contributed by atoms with van der Waals surface area (Å²) in [6.07, 6.45) is 7.28. The fourth-order valence-corrected chi connectivity index (χ4v) is 3.05. The molecule has 0 aromatic heterocycles. The van der Waals surface area contributed by atoms with Crippen LogP contribution < -0.4 is 16.4 Å². The van der Waals surface area contributed by atoms with Gasteiger partial charge in [0.2, 0.25) is 17.7 Å². The zero-order valence-electron chi connectivity index (χ0n) is 17.2. The van der Waals surface area contributed by atoms with Gasteiger partial charge >= 0.3 is 0 Å². The van der Waals surface area contributed by atoms with Gasteiger partial charge in [0.25, 0.3) is 0 Å². The average Bonchev–Trinajstić information content (AvgIpc) is 2.68. The normalized spacial score (nSPS) is 12.8. The summed E-state index contributed by atoms with van der Waals surface area (Å²) in [4.78, 5) is 35.7. The Balaban J connectivity index is 2.29. The summed E-state index contributed by atoms with van der Waals surface area (Å²) in [6.45, 7) is 4.07. The Hall–Kier alpha value is -2.37. The lowest BCUT2D eigenvalue weighted by Gasteiger charge is -2.16. The molecule has 0 unspecified atom stereocenters. The second-order valence-electron chi connectivity index (χ2n) is 7.28. The van der Waals surface area contributed by atoms with Crippen LogP contribution in [0.25, 0.3) is 0 Å². The number of unbranched alkanes of at least 4 members (excludes halogenated alkanes) is 5. The number of hydrogen-bond donors (Lipinski definition) is 3. The number of nitrogens with one attached hydrogen (secondary N) is 2. The van der Waals surface area contributed by atoms with Crippen molar-refractivity contribution >= 4 is 17.7 Å². The van der Waals surface area contributed by atoms with Crippen LogP contribution in [0.3, 0.4) is 0 Å². The van der Waals surface area contributed by atoms with Crippen molar-refractivity contribution in [2.24, 2.45) is 5.73 Å². The first-order chi connectivity index (χ1) is 13.4. The van der Waals surface area contributed by atoms with E-state index in [0.29, 0.717) is 6.42 Å². The Morgan fingerprint density at radius 3 is 2.07 bits per heavy atom. The van der Waals surface area contributed by atoms with Gasteiger partial charge in [-0.25, -0.2) is 0 Å². The predicted octanol–water partition coefficient (Wildman–Crippen LogP) is 3.36. The number of primary amides is 1. The second-order valence-corrected chi connectivity index (χ2v) is 7.28. The monoisotopic (exact) mass is 389 g/mol. The van der Waals surface area contributed by atoms with E-state index in [2.05, 4.69) is 17.6 Å². The van der Waals surface area contributed by atoms with E-state index in [1.54, 1.807) is 0 Å². The Kier molecular flexibility index (Phi) is 11.6. The van der Waals surface area contributed by atoms with Gasteiger partial charge in [-0.3, -0.25) is 14.4 Å². The van der Waals surface area contributed by atoms with E-state index in [-0.39, 0.29) is 30.7 Å². The van der Waals surface area contributed by atoms with Gasteiger partial charge in [0.1, 0.15) is 6.04 Å². The lowest BCUT2D eigenvalue weighted by molar-refractivity contribution is -0.129. The molecule has 156 valence electrons. The fourth-order valence-electron chi connectivity index (χ4n) is 3.05. The van der Waals surface area contributed by atoms with Crippen LogP contribution in [0.1, 0.15) is 83.2 Å². The summed E-state index contributed by atoms with van der Waals surface area (Å²) in [7, 11) is 0. The van der Waals surface area contributed by atoms with E-state index in [0.717, 1.165) is 24.8 Å². The number of nitrogens with two attached hydrogens (primary N) is 1. The summed E-state index contributed by atoms with van der Waals surface area (Å²) in [5.74, 6) is -1.04. The Labute approximate surface area is 168 Å². The Morgan fingerprint density at radius 2 is 1.46 bits per heavy atom. The smallest absolute Gasteiger partial charge is 0.239 e. The maximum Gasteiger partial charge on any atom is 0.239 e. The molecule has 2 atom stereocenters. The molecule has 0 spiro atoms. The first-order valence-electron chi connectivity index (χ1n) is 10.4. The number of amides is 3. The molecule has 0 heterocycles. The van der Waals surface area contributed by atoms with E-state index >= 15 is 0 Å². The van der Waals surface area contributed by atoms with E-state index < -0.39 is 11.9 Å². The Bertz CT molecular complexity index is 604. The summed E-state index contributed by atoms with van der Waals surface area (Å²) in [6, 6.07) is 8.85. The largest absolute Gasteiger partial charge is 0.368 e.